The van der Waals surface area contributed by atoms with Gasteiger partial charge in [0.1, 0.15) is 0 Å². The average Bonchev–Trinajstić information content (AvgIpc) is 0.722. The Morgan fingerprint density at radius 1 is 1.43 bits per heavy atom. The molecule has 1 atom stereocenters. The summed E-state index contributed by atoms with van der Waals surface area (Å²) in [5.74, 6) is 0. The zero-order chi connectivity index (χ0) is 4.50. The topological polar surface area (TPSA) is 83.4 Å². The van der Waals surface area contributed by atoms with Crippen molar-refractivity contribution in [2.75, 3.05) is 0 Å². The Morgan fingerprint density at radius 3 is 1.43 bits per heavy atom. The van der Waals surface area contributed by atoms with Crippen molar-refractivity contribution in [3.05, 3.63) is 0 Å². The zero-order valence-electron chi connectivity index (χ0n) is 3.53. The van der Waals surface area contributed by atoms with Crippen LogP contribution in [0.15, 0.2) is 0 Å². The molecule has 0 aliphatic heterocycles. The van der Waals surface area contributed by atoms with Gasteiger partial charge in [-0.2, -0.15) is 9.90 Å². The minimum atomic E-state index is -5.14. The Hall–Kier alpha value is 2.11. The van der Waals surface area contributed by atoms with E-state index in [0.717, 1.165) is 0 Å². The van der Waals surface area contributed by atoms with Crippen LogP contribution in [0.2, 0.25) is 0 Å². The van der Waals surface area contributed by atoms with E-state index in [9.17, 15) is 0 Å². The van der Waals surface area contributed by atoms with Crippen LogP contribution in [0.1, 0.15) is 0 Å². The van der Waals surface area contributed by atoms with Gasteiger partial charge in [0.15, 0.2) is 0 Å². The largest absolute Gasteiger partial charge is 2.00 e. The van der Waals surface area contributed by atoms with Gasteiger partial charge in [-0.3, -0.25) is 0 Å². The van der Waals surface area contributed by atoms with Crippen LogP contribution in [-0.4, -0.2) is 53.8 Å². The molecule has 0 aliphatic rings. The molecule has 0 saturated carbocycles. The van der Waals surface area contributed by atoms with Gasteiger partial charge < -0.3 is 19.2 Å². The standard InChI is InChI=1S/Ba.H3O4P.H3P/c;1-5(2,3)4;/h;(H3,1,2,3,4);1H3/q+2;;/p-2. The zero-order valence-corrected chi connectivity index (χ0v) is 10.3. The minimum Gasteiger partial charge on any atom is -0.790 e. The van der Waals surface area contributed by atoms with Gasteiger partial charge in [-0.15, -0.1) is 0 Å². The molecular weight excluding hydrogens is 263 g/mol. The second kappa shape index (κ2) is 6.23. The van der Waals surface area contributed by atoms with E-state index in [-0.39, 0.29) is 58.8 Å². The molecule has 0 fully saturated rings. The van der Waals surface area contributed by atoms with Crippen LogP contribution < -0.4 is 9.79 Å². The van der Waals surface area contributed by atoms with Crippen LogP contribution in [0.25, 0.3) is 0 Å². The van der Waals surface area contributed by atoms with Gasteiger partial charge in [-0.25, -0.2) is 0 Å². The van der Waals surface area contributed by atoms with Crippen molar-refractivity contribution in [2.45, 2.75) is 0 Å². The SMILES string of the molecule is O=P([O-])([O-])O.P.[Ba+2]. The summed E-state index contributed by atoms with van der Waals surface area (Å²) in [6.07, 6.45) is 0. The minimum absolute atomic E-state index is 0. The molecule has 1 N–H and O–H groups in total. The van der Waals surface area contributed by atoms with Crippen LogP contribution in [-0.2, 0) is 4.57 Å². The molecule has 0 aromatic carbocycles. The molecule has 0 radical (unpaired) electrons. The fourth-order valence-electron chi connectivity index (χ4n) is 0. The Balaban J connectivity index is -0.0000000800. The van der Waals surface area contributed by atoms with Gasteiger partial charge in [0.2, 0.25) is 0 Å². The van der Waals surface area contributed by atoms with Crippen LogP contribution >= 0.6 is 17.7 Å². The first-order chi connectivity index (χ1) is 2.00. The summed E-state index contributed by atoms with van der Waals surface area (Å²) in [5.41, 5.74) is 0. The molecule has 0 rings (SSSR count). The molecular formula is H4BaO4P2. The molecule has 0 saturated heterocycles. The first kappa shape index (κ1) is 16.1. The van der Waals surface area contributed by atoms with E-state index < -0.39 is 7.82 Å². The van der Waals surface area contributed by atoms with Gasteiger partial charge >= 0.3 is 48.9 Å². The van der Waals surface area contributed by atoms with Crippen LogP contribution in [0.4, 0.5) is 0 Å². The van der Waals surface area contributed by atoms with Crippen molar-refractivity contribution in [3.63, 3.8) is 0 Å². The van der Waals surface area contributed by atoms with Crippen LogP contribution in [0.5, 0.6) is 0 Å². The number of rotatable bonds is 0. The Kier molecular flexibility index (Phi) is 14.3. The summed E-state index contributed by atoms with van der Waals surface area (Å²) in [7, 11) is -5.14. The van der Waals surface area contributed by atoms with E-state index in [1.54, 1.807) is 0 Å². The Labute approximate surface area is 84.6 Å². The second-order valence-electron chi connectivity index (χ2n) is 0.469. The van der Waals surface area contributed by atoms with Gasteiger partial charge in [0.05, 0.1) is 7.82 Å². The predicted molar refractivity (Wildman–Crippen MR) is 26.7 cm³/mol. The number of phosphoric acid groups is 1. The van der Waals surface area contributed by atoms with Gasteiger partial charge in [0, 0.05) is 0 Å². The molecule has 7 heavy (non-hydrogen) atoms. The second-order valence-corrected chi connectivity index (χ2v) is 1.41. The molecule has 1 unspecified atom stereocenters. The summed E-state index contributed by atoms with van der Waals surface area (Å²) in [6.45, 7) is 0. The fraction of sp³-hybridized carbons (Fsp3) is 0. The first-order valence-electron chi connectivity index (χ1n) is 0.748. The summed E-state index contributed by atoms with van der Waals surface area (Å²) in [6, 6.07) is 0. The molecule has 40 valence electrons. The van der Waals surface area contributed by atoms with Gasteiger partial charge in [-0.05, 0) is 0 Å². The van der Waals surface area contributed by atoms with Crippen molar-refractivity contribution < 1.29 is 19.2 Å². The summed E-state index contributed by atoms with van der Waals surface area (Å²) < 4.78 is 8.66. The normalized spacial score (nSPS) is 8.43. The smallest absolute Gasteiger partial charge is 0.790 e. The fourth-order valence-corrected chi connectivity index (χ4v) is 0. The van der Waals surface area contributed by atoms with E-state index in [0.29, 0.717) is 0 Å². The van der Waals surface area contributed by atoms with Gasteiger partial charge in [0.25, 0.3) is 0 Å². The molecule has 0 aromatic rings. The third-order valence-corrected chi connectivity index (χ3v) is 0. The third-order valence-electron chi connectivity index (χ3n) is 0. The first-order valence-corrected chi connectivity index (χ1v) is 2.24. The van der Waals surface area contributed by atoms with E-state index >= 15 is 0 Å². The van der Waals surface area contributed by atoms with Crippen molar-refractivity contribution in [2.24, 2.45) is 0 Å². The van der Waals surface area contributed by atoms with Crippen LogP contribution in [0, 0.1) is 0 Å². The van der Waals surface area contributed by atoms with Crippen molar-refractivity contribution in [1.29, 1.82) is 0 Å². The maximum Gasteiger partial charge on any atom is 2.00 e. The monoisotopic (exact) mass is 268 g/mol. The maximum absolute atomic E-state index is 8.66. The van der Waals surface area contributed by atoms with Crippen LogP contribution in [0.3, 0.4) is 0 Å². The maximum atomic E-state index is 8.66. The summed E-state index contributed by atoms with van der Waals surface area (Å²) >= 11 is 0. The molecule has 0 amide bonds. The van der Waals surface area contributed by atoms with Crippen molar-refractivity contribution in [3.8, 4) is 0 Å². The number of hydrogen-bond acceptors (Lipinski definition) is 3. The molecule has 0 heterocycles. The van der Waals surface area contributed by atoms with E-state index in [1.165, 1.54) is 0 Å². The van der Waals surface area contributed by atoms with Crippen molar-refractivity contribution in [1.82, 2.24) is 0 Å². The van der Waals surface area contributed by atoms with E-state index in [2.05, 4.69) is 0 Å². The van der Waals surface area contributed by atoms with Crippen molar-refractivity contribution >= 4 is 66.6 Å². The van der Waals surface area contributed by atoms with E-state index in [4.69, 9.17) is 19.2 Å². The molecule has 0 spiro atoms. The molecule has 4 nitrogen and oxygen atoms in total. The molecule has 7 heteroatoms. The molecule has 0 aliphatic carbocycles. The third kappa shape index (κ3) is 68.0. The number of hydrogen-bond donors (Lipinski definition) is 1. The Bertz CT molecular complexity index is 55.8. The average molecular weight is 267 g/mol. The Morgan fingerprint density at radius 2 is 1.43 bits per heavy atom. The molecule has 0 aromatic heterocycles. The van der Waals surface area contributed by atoms with E-state index in [1.807, 2.05) is 0 Å². The predicted octanol–water partition coefficient (Wildman–Crippen LogP) is -2.52. The molecule has 0 bridgehead atoms. The quantitative estimate of drug-likeness (QED) is 0.388. The van der Waals surface area contributed by atoms with Gasteiger partial charge in [-0.1, -0.05) is 0 Å². The summed E-state index contributed by atoms with van der Waals surface area (Å²) in [4.78, 5) is 24.3. The summed E-state index contributed by atoms with van der Waals surface area (Å²) in [5, 5.41) is 0.